The zero-order chi connectivity index (χ0) is 18.9. The molecular weight excluding hydrogens is 337 g/mol. The van der Waals surface area contributed by atoms with E-state index in [4.69, 9.17) is 4.74 Å². The molecule has 1 saturated heterocycles. The third kappa shape index (κ3) is 6.63. The Balaban J connectivity index is 1.63. The predicted octanol–water partition coefficient (Wildman–Crippen LogP) is 1.80. The average Bonchev–Trinajstić information content (AvgIpc) is 2.62. The Labute approximate surface area is 154 Å². The van der Waals surface area contributed by atoms with Gasteiger partial charge in [-0.2, -0.15) is 0 Å². The van der Waals surface area contributed by atoms with Gasteiger partial charge in [0.15, 0.2) is 0 Å². The second-order valence-electron chi connectivity index (χ2n) is 6.61. The lowest BCUT2D eigenvalue weighted by molar-refractivity contribution is -0.131. The number of nitrogens with zero attached hydrogens (tertiary/aromatic N) is 2. The van der Waals surface area contributed by atoms with Gasteiger partial charge in [0.05, 0.1) is 12.7 Å². The molecule has 0 aromatic heterocycles. The predicted molar refractivity (Wildman–Crippen MR) is 98.5 cm³/mol. The molecule has 0 radical (unpaired) electrons. The topological polar surface area (TPSA) is 61.9 Å². The van der Waals surface area contributed by atoms with Gasteiger partial charge in [-0.3, -0.25) is 9.59 Å². The highest BCUT2D eigenvalue weighted by atomic mass is 19.1. The third-order valence-electron chi connectivity index (χ3n) is 4.27. The van der Waals surface area contributed by atoms with Crippen LogP contribution in [0.1, 0.15) is 26.7 Å². The lowest BCUT2D eigenvalue weighted by atomic mass is 10.2. The minimum Gasteiger partial charge on any atom is -0.378 e. The summed E-state index contributed by atoms with van der Waals surface area (Å²) >= 11 is 0. The van der Waals surface area contributed by atoms with Crippen molar-refractivity contribution in [2.24, 2.45) is 0 Å². The number of nitrogens with one attached hydrogen (secondary N) is 1. The fraction of sp³-hybridized carbons (Fsp3) is 0.579. The lowest BCUT2D eigenvalue weighted by Gasteiger charge is -2.36. The molecule has 0 saturated carbocycles. The molecule has 144 valence electrons. The van der Waals surface area contributed by atoms with E-state index in [-0.39, 0.29) is 23.7 Å². The summed E-state index contributed by atoms with van der Waals surface area (Å²) in [6.07, 6.45) is 0.716. The van der Waals surface area contributed by atoms with E-state index in [2.05, 4.69) is 10.2 Å². The van der Waals surface area contributed by atoms with Gasteiger partial charge in [-0.25, -0.2) is 4.39 Å². The zero-order valence-corrected chi connectivity index (χ0v) is 15.5. The van der Waals surface area contributed by atoms with Crippen LogP contribution in [0.2, 0.25) is 0 Å². The van der Waals surface area contributed by atoms with Crippen LogP contribution in [0.3, 0.4) is 0 Å². The van der Waals surface area contributed by atoms with Crippen LogP contribution in [0.15, 0.2) is 24.3 Å². The van der Waals surface area contributed by atoms with Crippen molar-refractivity contribution in [2.75, 3.05) is 44.2 Å². The van der Waals surface area contributed by atoms with Crippen LogP contribution in [0.25, 0.3) is 0 Å². The summed E-state index contributed by atoms with van der Waals surface area (Å²) in [5.74, 6) is -0.303. The first-order chi connectivity index (χ1) is 12.5. The molecular formula is C19H28FN3O3. The average molecular weight is 365 g/mol. The van der Waals surface area contributed by atoms with Crippen molar-refractivity contribution in [3.05, 3.63) is 30.1 Å². The SMILES string of the molecule is CC(C)OCCC(=O)NCCC(=O)N1CCN(c2ccc(F)cc2)CC1. The van der Waals surface area contributed by atoms with Crippen molar-refractivity contribution in [3.63, 3.8) is 0 Å². The second kappa shape index (κ2) is 10.1. The summed E-state index contributed by atoms with van der Waals surface area (Å²) in [5, 5.41) is 2.75. The number of carbonyl (C=O) groups excluding carboxylic acids is 2. The van der Waals surface area contributed by atoms with Crippen LogP contribution in [-0.2, 0) is 14.3 Å². The molecule has 0 aliphatic carbocycles. The summed E-state index contributed by atoms with van der Waals surface area (Å²) in [6, 6.07) is 6.40. The van der Waals surface area contributed by atoms with E-state index >= 15 is 0 Å². The number of anilines is 1. The number of piperazine rings is 1. The lowest BCUT2D eigenvalue weighted by Crippen LogP contribution is -2.49. The number of halogens is 1. The molecule has 1 aromatic carbocycles. The van der Waals surface area contributed by atoms with Gasteiger partial charge in [-0.05, 0) is 38.1 Å². The summed E-state index contributed by atoms with van der Waals surface area (Å²) in [7, 11) is 0. The molecule has 6 nitrogen and oxygen atoms in total. The van der Waals surface area contributed by atoms with Crippen LogP contribution in [0.5, 0.6) is 0 Å². The maximum absolute atomic E-state index is 13.0. The van der Waals surface area contributed by atoms with Crippen LogP contribution >= 0.6 is 0 Å². The van der Waals surface area contributed by atoms with E-state index in [0.717, 1.165) is 18.8 Å². The number of benzene rings is 1. The molecule has 1 aliphatic heterocycles. The van der Waals surface area contributed by atoms with Crippen molar-refractivity contribution < 1.29 is 18.7 Å². The summed E-state index contributed by atoms with van der Waals surface area (Å²) in [6.45, 7) is 7.28. The second-order valence-corrected chi connectivity index (χ2v) is 6.61. The van der Waals surface area contributed by atoms with E-state index in [1.807, 2.05) is 18.7 Å². The number of rotatable bonds is 8. The van der Waals surface area contributed by atoms with Crippen molar-refractivity contribution in [1.29, 1.82) is 0 Å². The molecule has 1 aromatic rings. The zero-order valence-electron chi connectivity index (χ0n) is 15.5. The number of amides is 2. The third-order valence-corrected chi connectivity index (χ3v) is 4.27. The molecule has 1 aliphatic rings. The molecule has 1 fully saturated rings. The molecule has 0 unspecified atom stereocenters. The molecule has 1 N–H and O–H groups in total. The Kier molecular flexibility index (Phi) is 7.84. The molecule has 1 heterocycles. The van der Waals surface area contributed by atoms with Crippen LogP contribution in [-0.4, -0.2) is 62.1 Å². The number of hydrogen-bond acceptors (Lipinski definition) is 4. The molecule has 0 spiro atoms. The summed E-state index contributed by atoms with van der Waals surface area (Å²) in [5.41, 5.74) is 0.967. The minimum atomic E-state index is -0.250. The quantitative estimate of drug-likeness (QED) is 0.763. The standard InChI is InChI=1S/C19H28FN3O3/c1-15(2)26-14-8-18(24)21-9-7-19(25)23-12-10-22(11-13-23)17-5-3-16(20)4-6-17/h3-6,15H,7-14H2,1-2H3,(H,21,24). The number of carbonyl (C=O) groups is 2. The van der Waals surface area contributed by atoms with Gasteiger partial charge in [0.25, 0.3) is 0 Å². The van der Waals surface area contributed by atoms with Gasteiger partial charge in [-0.1, -0.05) is 0 Å². The molecule has 7 heteroatoms. The molecule has 2 amide bonds. The first kappa shape index (κ1) is 20.2. The minimum absolute atomic E-state index is 0.0440. The largest absolute Gasteiger partial charge is 0.378 e. The highest BCUT2D eigenvalue weighted by Crippen LogP contribution is 2.17. The first-order valence-corrected chi connectivity index (χ1v) is 9.12. The van der Waals surface area contributed by atoms with E-state index in [9.17, 15) is 14.0 Å². The normalized spacial score (nSPS) is 14.6. The Morgan fingerprint density at radius 3 is 2.38 bits per heavy atom. The van der Waals surface area contributed by atoms with Gasteiger partial charge in [0.2, 0.25) is 11.8 Å². The van der Waals surface area contributed by atoms with Gasteiger partial charge in [0, 0.05) is 51.3 Å². The van der Waals surface area contributed by atoms with Crippen molar-refractivity contribution in [2.45, 2.75) is 32.8 Å². The van der Waals surface area contributed by atoms with E-state index in [1.165, 1.54) is 12.1 Å². The van der Waals surface area contributed by atoms with Gasteiger partial charge < -0.3 is 19.9 Å². The number of hydrogen-bond donors (Lipinski definition) is 1. The van der Waals surface area contributed by atoms with Crippen molar-refractivity contribution >= 4 is 17.5 Å². The highest BCUT2D eigenvalue weighted by molar-refractivity contribution is 5.79. The van der Waals surface area contributed by atoms with Gasteiger partial charge in [0.1, 0.15) is 5.82 Å². The van der Waals surface area contributed by atoms with Crippen molar-refractivity contribution in [3.8, 4) is 0 Å². The fourth-order valence-corrected chi connectivity index (χ4v) is 2.81. The monoisotopic (exact) mass is 365 g/mol. The van der Waals surface area contributed by atoms with Crippen LogP contribution in [0, 0.1) is 5.82 Å². The van der Waals surface area contributed by atoms with E-state index in [1.54, 1.807) is 12.1 Å². The maximum Gasteiger partial charge on any atom is 0.224 e. The maximum atomic E-state index is 13.0. The van der Waals surface area contributed by atoms with Gasteiger partial charge >= 0.3 is 0 Å². The summed E-state index contributed by atoms with van der Waals surface area (Å²) < 4.78 is 18.3. The smallest absolute Gasteiger partial charge is 0.224 e. The van der Waals surface area contributed by atoms with Gasteiger partial charge in [-0.15, -0.1) is 0 Å². The fourth-order valence-electron chi connectivity index (χ4n) is 2.81. The Hall–Kier alpha value is -2.15. The van der Waals surface area contributed by atoms with Crippen LogP contribution in [0.4, 0.5) is 10.1 Å². The first-order valence-electron chi connectivity index (χ1n) is 9.12. The van der Waals surface area contributed by atoms with Crippen molar-refractivity contribution in [1.82, 2.24) is 10.2 Å². The summed E-state index contributed by atoms with van der Waals surface area (Å²) in [4.78, 5) is 27.9. The number of ether oxygens (including phenoxy) is 1. The molecule has 0 atom stereocenters. The Bertz CT molecular complexity index is 584. The molecule has 2 rings (SSSR count). The van der Waals surface area contributed by atoms with Crippen LogP contribution < -0.4 is 10.2 Å². The highest BCUT2D eigenvalue weighted by Gasteiger charge is 2.21. The molecule has 0 bridgehead atoms. The Morgan fingerprint density at radius 1 is 1.12 bits per heavy atom. The Morgan fingerprint density at radius 2 is 1.77 bits per heavy atom. The molecule has 26 heavy (non-hydrogen) atoms. The van der Waals surface area contributed by atoms with E-state index in [0.29, 0.717) is 39.1 Å². The van der Waals surface area contributed by atoms with E-state index < -0.39 is 0 Å².